The molecule has 1 amide bonds. The Balaban J connectivity index is 2.60. The summed E-state index contributed by atoms with van der Waals surface area (Å²) < 4.78 is 0. The van der Waals surface area contributed by atoms with E-state index >= 15 is 0 Å². The number of carboxylic acid groups (broad SMARTS) is 1. The molecule has 1 rings (SSSR count). The molecule has 0 unspecified atom stereocenters. The van der Waals surface area contributed by atoms with Gasteiger partial charge < -0.3 is 15.1 Å². The third-order valence-electron chi connectivity index (χ3n) is 3.05. The number of likely N-dealkylation sites (N-methyl/N-ethyl adjacent to an activating group) is 1. The summed E-state index contributed by atoms with van der Waals surface area (Å²) in [6, 6.07) is 0. The zero-order valence-corrected chi connectivity index (χ0v) is 9.23. The molecule has 0 aromatic heterocycles. The van der Waals surface area contributed by atoms with Gasteiger partial charge in [0.2, 0.25) is 5.91 Å². The number of aliphatic carboxylic acids is 1. The van der Waals surface area contributed by atoms with Crippen LogP contribution >= 0.6 is 0 Å². The molecule has 86 valence electrons. The van der Waals surface area contributed by atoms with Gasteiger partial charge in [-0.25, -0.2) is 0 Å². The van der Waals surface area contributed by atoms with E-state index in [2.05, 4.69) is 0 Å². The normalized spacial score (nSPS) is 24.8. The molecule has 0 aromatic rings. The summed E-state index contributed by atoms with van der Waals surface area (Å²) in [6.45, 7) is 3.34. The third kappa shape index (κ3) is 2.28. The van der Waals surface area contributed by atoms with Crippen LogP contribution < -0.4 is 0 Å². The predicted molar refractivity (Wildman–Crippen MR) is 53.2 cm³/mol. The van der Waals surface area contributed by atoms with E-state index in [0.717, 1.165) is 0 Å². The van der Waals surface area contributed by atoms with Crippen molar-refractivity contribution >= 4 is 11.9 Å². The fourth-order valence-corrected chi connectivity index (χ4v) is 1.39. The number of carbonyl (C=O) groups excluding carboxylic acids is 1. The SMILES string of the molecule is CN(C(=O)[C@@H]1C[C@@H]1C(=O)O)C(C)(C)CO. The highest BCUT2D eigenvalue weighted by Crippen LogP contribution is 2.40. The average molecular weight is 215 g/mol. The van der Waals surface area contributed by atoms with Crippen LogP contribution in [0.5, 0.6) is 0 Å². The molecule has 1 saturated carbocycles. The van der Waals surface area contributed by atoms with Gasteiger partial charge in [0, 0.05) is 7.05 Å². The van der Waals surface area contributed by atoms with E-state index in [-0.39, 0.29) is 12.5 Å². The van der Waals surface area contributed by atoms with Crippen LogP contribution in [-0.4, -0.2) is 46.2 Å². The molecular weight excluding hydrogens is 198 g/mol. The van der Waals surface area contributed by atoms with Gasteiger partial charge in [-0.2, -0.15) is 0 Å². The van der Waals surface area contributed by atoms with E-state index in [1.807, 2.05) is 0 Å². The van der Waals surface area contributed by atoms with Crippen molar-refractivity contribution in [3.05, 3.63) is 0 Å². The summed E-state index contributed by atoms with van der Waals surface area (Å²) in [7, 11) is 1.59. The summed E-state index contributed by atoms with van der Waals surface area (Å²) in [5, 5.41) is 17.8. The number of carbonyl (C=O) groups is 2. The highest BCUT2D eigenvalue weighted by Gasteiger charge is 2.50. The summed E-state index contributed by atoms with van der Waals surface area (Å²) in [4.78, 5) is 23.8. The first-order valence-electron chi connectivity index (χ1n) is 4.92. The molecule has 1 aliphatic rings. The van der Waals surface area contributed by atoms with Gasteiger partial charge in [-0.15, -0.1) is 0 Å². The Labute approximate surface area is 88.7 Å². The van der Waals surface area contributed by atoms with Crippen molar-refractivity contribution in [2.75, 3.05) is 13.7 Å². The number of aliphatic hydroxyl groups is 1. The Bertz CT molecular complexity index is 287. The van der Waals surface area contributed by atoms with Crippen LogP contribution in [0.4, 0.5) is 0 Å². The van der Waals surface area contributed by atoms with Crippen molar-refractivity contribution in [2.24, 2.45) is 11.8 Å². The smallest absolute Gasteiger partial charge is 0.307 e. The number of carboxylic acids is 1. The van der Waals surface area contributed by atoms with Crippen molar-refractivity contribution in [1.29, 1.82) is 0 Å². The monoisotopic (exact) mass is 215 g/mol. The van der Waals surface area contributed by atoms with Gasteiger partial charge in [0.1, 0.15) is 0 Å². The number of nitrogens with zero attached hydrogens (tertiary/aromatic N) is 1. The van der Waals surface area contributed by atoms with E-state index in [4.69, 9.17) is 10.2 Å². The molecule has 5 heteroatoms. The van der Waals surface area contributed by atoms with E-state index < -0.39 is 23.3 Å². The highest BCUT2D eigenvalue weighted by atomic mass is 16.4. The molecule has 1 aliphatic carbocycles. The number of rotatable bonds is 4. The molecule has 5 nitrogen and oxygen atoms in total. The van der Waals surface area contributed by atoms with Crippen LogP contribution in [0.2, 0.25) is 0 Å². The summed E-state index contributed by atoms with van der Waals surface area (Å²) in [5.74, 6) is -2.04. The lowest BCUT2D eigenvalue weighted by Crippen LogP contribution is -2.48. The predicted octanol–water partition coefficient (Wildman–Crippen LogP) is -0.0636. The van der Waals surface area contributed by atoms with Crippen LogP contribution in [-0.2, 0) is 9.59 Å². The first-order valence-corrected chi connectivity index (χ1v) is 4.92. The number of aliphatic hydroxyl groups excluding tert-OH is 1. The second-order valence-corrected chi connectivity index (χ2v) is 4.65. The molecule has 0 spiro atoms. The minimum atomic E-state index is -0.913. The first-order chi connectivity index (χ1) is 6.81. The Kier molecular flexibility index (Phi) is 3.04. The van der Waals surface area contributed by atoms with Gasteiger partial charge in [0.25, 0.3) is 0 Å². The van der Waals surface area contributed by atoms with Crippen LogP contribution in [0.25, 0.3) is 0 Å². The molecule has 2 atom stereocenters. The Morgan fingerprint density at radius 3 is 2.27 bits per heavy atom. The van der Waals surface area contributed by atoms with Gasteiger partial charge >= 0.3 is 5.97 Å². The van der Waals surface area contributed by atoms with Crippen molar-refractivity contribution in [1.82, 2.24) is 4.90 Å². The van der Waals surface area contributed by atoms with Gasteiger partial charge in [-0.05, 0) is 20.3 Å². The molecule has 0 aliphatic heterocycles. The summed E-state index contributed by atoms with van der Waals surface area (Å²) >= 11 is 0. The lowest BCUT2D eigenvalue weighted by molar-refractivity contribution is -0.143. The number of amides is 1. The van der Waals surface area contributed by atoms with E-state index in [1.165, 1.54) is 4.90 Å². The fraction of sp³-hybridized carbons (Fsp3) is 0.800. The van der Waals surface area contributed by atoms with Gasteiger partial charge in [-0.1, -0.05) is 0 Å². The zero-order valence-electron chi connectivity index (χ0n) is 9.23. The van der Waals surface area contributed by atoms with Crippen molar-refractivity contribution in [3.8, 4) is 0 Å². The average Bonchev–Trinajstić information content (AvgIpc) is 2.95. The standard InChI is InChI=1S/C10H17NO4/c1-10(2,5-12)11(3)8(13)6-4-7(6)9(14)15/h6-7,12H,4-5H2,1-3H3,(H,14,15)/t6-,7+/m1/s1. The molecular formula is C10H17NO4. The lowest BCUT2D eigenvalue weighted by atomic mass is 10.0. The van der Waals surface area contributed by atoms with Gasteiger partial charge in [-0.3, -0.25) is 9.59 Å². The Hall–Kier alpha value is -1.10. The summed E-state index contributed by atoms with van der Waals surface area (Å²) in [6.07, 6.45) is 0.417. The van der Waals surface area contributed by atoms with E-state index in [9.17, 15) is 9.59 Å². The third-order valence-corrected chi connectivity index (χ3v) is 3.05. The molecule has 1 fully saturated rings. The Morgan fingerprint density at radius 1 is 1.40 bits per heavy atom. The largest absolute Gasteiger partial charge is 0.481 e. The van der Waals surface area contributed by atoms with Crippen LogP contribution in [0.15, 0.2) is 0 Å². The first kappa shape index (κ1) is 12.0. The fourth-order valence-electron chi connectivity index (χ4n) is 1.39. The zero-order chi connectivity index (χ0) is 11.8. The van der Waals surface area contributed by atoms with Crippen LogP contribution in [0, 0.1) is 11.8 Å². The highest BCUT2D eigenvalue weighted by molar-refractivity contribution is 5.89. The van der Waals surface area contributed by atoms with E-state index in [0.29, 0.717) is 6.42 Å². The molecule has 0 bridgehead atoms. The van der Waals surface area contributed by atoms with Gasteiger partial charge in [0.05, 0.1) is 24.0 Å². The summed E-state index contributed by atoms with van der Waals surface area (Å²) in [5.41, 5.74) is -0.636. The maximum Gasteiger partial charge on any atom is 0.307 e. The van der Waals surface area contributed by atoms with Crippen molar-refractivity contribution in [2.45, 2.75) is 25.8 Å². The molecule has 0 heterocycles. The van der Waals surface area contributed by atoms with E-state index in [1.54, 1.807) is 20.9 Å². The second kappa shape index (κ2) is 3.81. The number of hydrogen-bond donors (Lipinski definition) is 2. The van der Waals surface area contributed by atoms with Crippen LogP contribution in [0.1, 0.15) is 20.3 Å². The molecule has 15 heavy (non-hydrogen) atoms. The van der Waals surface area contributed by atoms with Gasteiger partial charge in [0.15, 0.2) is 0 Å². The second-order valence-electron chi connectivity index (χ2n) is 4.65. The maximum atomic E-state index is 11.8. The number of hydrogen-bond acceptors (Lipinski definition) is 3. The maximum absolute atomic E-state index is 11.8. The molecule has 0 radical (unpaired) electrons. The molecule has 0 saturated heterocycles. The van der Waals surface area contributed by atoms with Crippen molar-refractivity contribution in [3.63, 3.8) is 0 Å². The Morgan fingerprint density at radius 2 is 1.93 bits per heavy atom. The van der Waals surface area contributed by atoms with Crippen LogP contribution in [0.3, 0.4) is 0 Å². The molecule has 0 aromatic carbocycles. The van der Waals surface area contributed by atoms with Crippen molar-refractivity contribution < 1.29 is 19.8 Å². The minimum Gasteiger partial charge on any atom is -0.481 e. The minimum absolute atomic E-state index is 0.139. The lowest BCUT2D eigenvalue weighted by Gasteiger charge is -2.34. The topological polar surface area (TPSA) is 77.8 Å². The quantitative estimate of drug-likeness (QED) is 0.688. The molecule has 2 N–H and O–H groups in total.